The predicted molar refractivity (Wildman–Crippen MR) is 82.4 cm³/mol. The lowest BCUT2D eigenvalue weighted by Gasteiger charge is -2.31. The van der Waals surface area contributed by atoms with Crippen molar-refractivity contribution in [3.8, 4) is 0 Å². The van der Waals surface area contributed by atoms with Gasteiger partial charge in [-0.1, -0.05) is 32.4 Å². The minimum Gasteiger partial charge on any atom is -0.309 e. The number of nitrogens with one attached hydrogen (secondary N) is 1. The molecule has 0 heterocycles. The molecule has 0 radical (unpaired) electrons. The molecule has 0 aromatic heterocycles. The second-order valence-corrected chi connectivity index (χ2v) is 8.27. The Morgan fingerprint density at radius 1 is 1.30 bits per heavy atom. The normalized spacial score (nSPS) is 26.9. The first kappa shape index (κ1) is 15.5. The van der Waals surface area contributed by atoms with Crippen molar-refractivity contribution in [1.82, 2.24) is 5.32 Å². The van der Waals surface area contributed by atoms with E-state index >= 15 is 0 Å². The molecule has 3 nitrogen and oxygen atoms in total. The highest BCUT2D eigenvalue weighted by atomic mass is 32.2. The van der Waals surface area contributed by atoms with Crippen LogP contribution in [0, 0.1) is 5.41 Å². The van der Waals surface area contributed by atoms with Crippen LogP contribution >= 0.6 is 0 Å². The summed E-state index contributed by atoms with van der Waals surface area (Å²) in [4.78, 5) is 0.389. The van der Waals surface area contributed by atoms with Crippen LogP contribution in [0.5, 0.6) is 0 Å². The van der Waals surface area contributed by atoms with Crippen LogP contribution in [0.25, 0.3) is 0 Å². The van der Waals surface area contributed by atoms with Gasteiger partial charge in [0.2, 0.25) is 0 Å². The van der Waals surface area contributed by atoms with E-state index in [2.05, 4.69) is 19.2 Å². The quantitative estimate of drug-likeness (QED) is 0.907. The van der Waals surface area contributed by atoms with Gasteiger partial charge in [-0.3, -0.25) is 0 Å². The predicted octanol–water partition coefficient (Wildman–Crippen LogP) is 3.15. The van der Waals surface area contributed by atoms with E-state index in [1.54, 1.807) is 12.1 Å². The first-order valence-corrected chi connectivity index (χ1v) is 9.27. The zero-order valence-corrected chi connectivity index (χ0v) is 13.5. The number of sulfone groups is 1. The van der Waals surface area contributed by atoms with Gasteiger partial charge in [0.1, 0.15) is 0 Å². The molecular weight excluding hydrogens is 270 g/mol. The fourth-order valence-electron chi connectivity index (χ4n) is 3.10. The Kier molecular flexibility index (Phi) is 4.55. The molecule has 0 saturated heterocycles. The lowest BCUT2D eigenvalue weighted by Crippen LogP contribution is -2.38. The molecule has 1 aromatic rings. The maximum Gasteiger partial charge on any atom is 0.175 e. The van der Waals surface area contributed by atoms with Crippen molar-refractivity contribution in [3.05, 3.63) is 29.8 Å². The maximum atomic E-state index is 11.4. The lowest BCUT2D eigenvalue weighted by atomic mass is 9.82. The van der Waals surface area contributed by atoms with Crippen LogP contribution in [0.15, 0.2) is 29.2 Å². The van der Waals surface area contributed by atoms with Crippen molar-refractivity contribution in [3.63, 3.8) is 0 Å². The molecule has 112 valence electrons. The van der Waals surface area contributed by atoms with Crippen LogP contribution in [0.2, 0.25) is 0 Å². The Labute approximate surface area is 122 Å². The SMILES string of the molecule is CCC1(C)CCCC1NCc1ccc(S(C)(=O)=O)cc1. The Hall–Kier alpha value is -0.870. The summed E-state index contributed by atoms with van der Waals surface area (Å²) in [5, 5.41) is 3.65. The van der Waals surface area contributed by atoms with Gasteiger partial charge in [0.15, 0.2) is 9.84 Å². The van der Waals surface area contributed by atoms with E-state index < -0.39 is 9.84 Å². The van der Waals surface area contributed by atoms with Crippen LogP contribution in [-0.2, 0) is 16.4 Å². The molecule has 2 unspecified atom stereocenters. The Balaban J connectivity index is 1.98. The van der Waals surface area contributed by atoms with Crippen LogP contribution in [0.3, 0.4) is 0 Å². The number of benzene rings is 1. The van der Waals surface area contributed by atoms with Crippen molar-refractivity contribution in [2.75, 3.05) is 6.26 Å². The average molecular weight is 295 g/mol. The molecule has 1 aliphatic rings. The third-order valence-electron chi connectivity index (χ3n) is 4.79. The summed E-state index contributed by atoms with van der Waals surface area (Å²) >= 11 is 0. The molecular formula is C16H25NO2S. The Bertz CT molecular complexity index is 550. The fourth-order valence-corrected chi connectivity index (χ4v) is 3.73. The number of hydrogen-bond donors (Lipinski definition) is 1. The summed E-state index contributed by atoms with van der Waals surface area (Å²) in [6.07, 6.45) is 6.29. The van der Waals surface area contributed by atoms with E-state index in [9.17, 15) is 8.42 Å². The largest absolute Gasteiger partial charge is 0.309 e. The van der Waals surface area contributed by atoms with E-state index in [4.69, 9.17) is 0 Å². The van der Waals surface area contributed by atoms with Gasteiger partial charge in [0.25, 0.3) is 0 Å². The molecule has 1 N–H and O–H groups in total. The van der Waals surface area contributed by atoms with Crippen LogP contribution in [0.4, 0.5) is 0 Å². The molecule has 20 heavy (non-hydrogen) atoms. The Morgan fingerprint density at radius 3 is 2.50 bits per heavy atom. The molecule has 1 aromatic carbocycles. The van der Waals surface area contributed by atoms with E-state index in [-0.39, 0.29) is 0 Å². The van der Waals surface area contributed by atoms with Crippen LogP contribution in [0.1, 0.15) is 45.1 Å². The van der Waals surface area contributed by atoms with Gasteiger partial charge in [-0.15, -0.1) is 0 Å². The zero-order chi connectivity index (χ0) is 14.8. The van der Waals surface area contributed by atoms with Crippen molar-refractivity contribution in [2.24, 2.45) is 5.41 Å². The maximum absolute atomic E-state index is 11.4. The van der Waals surface area contributed by atoms with Gasteiger partial charge in [0, 0.05) is 18.8 Å². The molecule has 2 atom stereocenters. The number of rotatable bonds is 5. The smallest absolute Gasteiger partial charge is 0.175 e. The summed E-state index contributed by atoms with van der Waals surface area (Å²) < 4.78 is 22.8. The van der Waals surface area contributed by atoms with Crippen molar-refractivity contribution >= 4 is 9.84 Å². The van der Waals surface area contributed by atoms with Gasteiger partial charge in [-0.2, -0.15) is 0 Å². The third-order valence-corrected chi connectivity index (χ3v) is 5.92. The second kappa shape index (κ2) is 5.86. The third kappa shape index (κ3) is 3.41. The van der Waals surface area contributed by atoms with Crippen LogP contribution < -0.4 is 5.32 Å². The fraction of sp³-hybridized carbons (Fsp3) is 0.625. The van der Waals surface area contributed by atoms with Gasteiger partial charge >= 0.3 is 0 Å². The van der Waals surface area contributed by atoms with Gasteiger partial charge in [-0.25, -0.2) is 8.42 Å². The van der Waals surface area contributed by atoms with E-state index in [1.807, 2.05) is 12.1 Å². The highest BCUT2D eigenvalue weighted by molar-refractivity contribution is 7.90. The molecule has 0 amide bonds. The topological polar surface area (TPSA) is 46.2 Å². The molecule has 0 aliphatic heterocycles. The van der Waals surface area contributed by atoms with Gasteiger partial charge < -0.3 is 5.32 Å². The summed E-state index contributed by atoms with van der Waals surface area (Å²) in [7, 11) is -3.09. The zero-order valence-electron chi connectivity index (χ0n) is 12.6. The van der Waals surface area contributed by atoms with Gasteiger partial charge in [0.05, 0.1) is 4.90 Å². The standard InChI is InChI=1S/C16H25NO2S/c1-4-16(2)11-5-6-15(16)17-12-13-7-9-14(10-8-13)20(3,18)19/h7-10,15,17H,4-6,11-12H2,1-3H3. The van der Waals surface area contributed by atoms with E-state index in [0.717, 1.165) is 12.1 Å². The molecule has 1 aliphatic carbocycles. The monoisotopic (exact) mass is 295 g/mol. The average Bonchev–Trinajstić information content (AvgIpc) is 2.78. The summed E-state index contributed by atoms with van der Waals surface area (Å²) in [5.74, 6) is 0. The summed E-state index contributed by atoms with van der Waals surface area (Å²) in [6.45, 7) is 5.44. The first-order valence-electron chi connectivity index (χ1n) is 7.37. The van der Waals surface area contributed by atoms with Crippen molar-refractivity contribution < 1.29 is 8.42 Å². The van der Waals surface area contributed by atoms with E-state index in [1.165, 1.54) is 31.9 Å². The summed E-state index contributed by atoms with van der Waals surface area (Å²) in [6, 6.07) is 7.77. The van der Waals surface area contributed by atoms with Crippen molar-refractivity contribution in [1.29, 1.82) is 0 Å². The van der Waals surface area contributed by atoms with Crippen LogP contribution in [-0.4, -0.2) is 20.7 Å². The van der Waals surface area contributed by atoms with E-state index in [0.29, 0.717) is 16.4 Å². The molecule has 1 saturated carbocycles. The molecule has 4 heteroatoms. The molecule has 0 spiro atoms. The van der Waals surface area contributed by atoms with Gasteiger partial charge in [-0.05, 0) is 42.4 Å². The Morgan fingerprint density at radius 2 is 1.95 bits per heavy atom. The molecule has 1 fully saturated rings. The first-order chi connectivity index (χ1) is 9.35. The number of hydrogen-bond acceptors (Lipinski definition) is 3. The molecule has 0 bridgehead atoms. The second-order valence-electron chi connectivity index (χ2n) is 6.25. The highest BCUT2D eigenvalue weighted by Gasteiger charge is 2.36. The lowest BCUT2D eigenvalue weighted by molar-refractivity contribution is 0.242. The minimum atomic E-state index is -3.09. The minimum absolute atomic E-state index is 0.389. The highest BCUT2D eigenvalue weighted by Crippen LogP contribution is 2.40. The summed E-state index contributed by atoms with van der Waals surface area (Å²) in [5.41, 5.74) is 1.55. The van der Waals surface area contributed by atoms with Crippen molar-refractivity contribution in [2.45, 2.75) is 57.0 Å². The molecule has 2 rings (SSSR count).